The van der Waals surface area contributed by atoms with Crippen LogP contribution in [0.2, 0.25) is 0 Å². The fourth-order valence-electron chi connectivity index (χ4n) is 0.268. The molecule has 0 rings (SSSR count). The van der Waals surface area contributed by atoms with E-state index in [1.165, 1.54) is 12.4 Å². The van der Waals surface area contributed by atoms with Gasteiger partial charge in [0.2, 0.25) is 12.8 Å². The van der Waals surface area contributed by atoms with Crippen LogP contribution in [0.1, 0.15) is 0 Å². The minimum atomic E-state index is -0.299. The van der Waals surface area contributed by atoms with Crippen LogP contribution in [-0.2, 0) is 42.3 Å². The molecule has 6 nitrogen and oxygen atoms in total. The summed E-state index contributed by atoms with van der Waals surface area (Å²) < 4.78 is 0. The molecule has 2 N–H and O–H groups in total. The summed E-state index contributed by atoms with van der Waals surface area (Å²) in [5.41, 5.74) is 0. The summed E-state index contributed by atoms with van der Waals surface area (Å²) >= 11 is 0. The number of carbonyl (C=O) groups excluding carboxylic acids is 2. The second-order valence-electron chi connectivity index (χ2n) is 1.89. The molecule has 0 heterocycles. The van der Waals surface area contributed by atoms with Gasteiger partial charge in [-0.05, 0) is 0 Å². The smallest absolute Gasteiger partial charge is 0.215 e. The van der Waals surface area contributed by atoms with E-state index >= 15 is 0 Å². The molecule has 0 saturated carbocycles. The van der Waals surface area contributed by atoms with Crippen LogP contribution in [0.15, 0.2) is 25.6 Å². The van der Waals surface area contributed by atoms with Gasteiger partial charge in [0.05, 0.1) is 0 Å². The van der Waals surface area contributed by atoms with Gasteiger partial charge >= 0.3 is 0 Å². The van der Waals surface area contributed by atoms with Crippen LogP contribution in [0.4, 0.5) is 0 Å². The number of aliphatic hydroxyl groups is 2. The monoisotopic (exact) mass is 291 g/mol. The predicted octanol–water partition coefficient (Wildman–Crippen LogP) is -0.926. The minimum absolute atomic E-state index is 0. The first kappa shape index (κ1) is 19.9. The van der Waals surface area contributed by atoms with E-state index in [0.29, 0.717) is 12.8 Å². The largest absolute Gasteiger partial charge is 0.376 e. The molecular formula is C8H14N2O4Y. The maximum Gasteiger partial charge on any atom is 0.215 e. The molecule has 0 saturated heterocycles. The van der Waals surface area contributed by atoms with Crippen molar-refractivity contribution in [2.75, 3.05) is 13.5 Å². The van der Waals surface area contributed by atoms with E-state index < -0.39 is 0 Å². The SMILES string of the molecule is C=CN(C=O)CO.C=CN(C=O)CO.[Y]. The Kier molecular flexibility index (Phi) is 21.1. The fraction of sp³-hybridized carbons (Fsp3) is 0.250. The molecule has 0 atom stereocenters. The van der Waals surface area contributed by atoms with Gasteiger partial charge in [0.1, 0.15) is 13.5 Å². The third-order valence-corrected chi connectivity index (χ3v) is 1.07. The number of hydrogen-bond donors (Lipinski definition) is 2. The summed E-state index contributed by atoms with van der Waals surface area (Å²) in [6.45, 7) is 5.88. The molecule has 15 heavy (non-hydrogen) atoms. The number of rotatable bonds is 6. The first-order valence-corrected chi connectivity index (χ1v) is 3.59. The summed E-state index contributed by atoms with van der Waals surface area (Å²) in [5.74, 6) is 0. The molecule has 2 amide bonds. The number of carbonyl (C=O) groups is 2. The Hall–Kier alpha value is -0.556. The first-order chi connectivity index (χ1) is 6.69. The van der Waals surface area contributed by atoms with Crippen molar-refractivity contribution in [1.82, 2.24) is 9.80 Å². The third kappa shape index (κ3) is 13.4. The molecule has 0 aromatic carbocycles. The van der Waals surface area contributed by atoms with Crippen molar-refractivity contribution in [2.45, 2.75) is 0 Å². The second-order valence-corrected chi connectivity index (χ2v) is 1.89. The maximum atomic E-state index is 9.66. The topological polar surface area (TPSA) is 81.1 Å². The van der Waals surface area contributed by atoms with Crippen molar-refractivity contribution in [2.24, 2.45) is 0 Å². The van der Waals surface area contributed by atoms with Crippen molar-refractivity contribution in [3.63, 3.8) is 0 Å². The van der Waals surface area contributed by atoms with Gasteiger partial charge in [0, 0.05) is 45.1 Å². The second kappa shape index (κ2) is 15.9. The van der Waals surface area contributed by atoms with Crippen LogP contribution in [0.25, 0.3) is 0 Å². The molecule has 0 spiro atoms. The quantitative estimate of drug-likeness (QED) is 0.489. The third-order valence-electron chi connectivity index (χ3n) is 1.07. The van der Waals surface area contributed by atoms with Gasteiger partial charge in [-0.3, -0.25) is 19.4 Å². The summed E-state index contributed by atoms with van der Waals surface area (Å²) in [5, 5.41) is 16.3. The molecule has 0 fully saturated rings. The molecule has 0 bridgehead atoms. The molecule has 0 aliphatic rings. The van der Waals surface area contributed by atoms with Gasteiger partial charge in [-0.15, -0.1) is 0 Å². The molecule has 0 unspecified atom stereocenters. The van der Waals surface area contributed by atoms with E-state index in [9.17, 15) is 9.59 Å². The van der Waals surface area contributed by atoms with E-state index in [-0.39, 0.29) is 46.2 Å². The van der Waals surface area contributed by atoms with Crippen LogP contribution in [0.3, 0.4) is 0 Å². The van der Waals surface area contributed by atoms with E-state index in [1.807, 2.05) is 0 Å². The zero-order valence-corrected chi connectivity index (χ0v) is 11.2. The van der Waals surface area contributed by atoms with Crippen LogP contribution in [0, 0.1) is 0 Å². The zero-order chi connectivity index (χ0) is 11.4. The van der Waals surface area contributed by atoms with Gasteiger partial charge < -0.3 is 10.2 Å². The number of aliphatic hydroxyl groups excluding tert-OH is 2. The van der Waals surface area contributed by atoms with E-state index in [4.69, 9.17) is 10.2 Å². The Morgan fingerprint density at radius 3 is 1.20 bits per heavy atom. The molecule has 0 aromatic rings. The Morgan fingerprint density at radius 1 is 0.933 bits per heavy atom. The number of nitrogens with zero attached hydrogens (tertiary/aromatic N) is 2. The summed E-state index contributed by atoms with van der Waals surface area (Å²) in [7, 11) is 0. The van der Waals surface area contributed by atoms with Crippen molar-refractivity contribution in [3.05, 3.63) is 25.6 Å². The first-order valence-electron chi connectivity index (χ1n) is 3.59. The number of amides is 2. The van der Waals surface area contributed by atoms with E-state index in [0.717, 1.165) is 9.80 Å². The Bertz CT molecular complexity index is 153. The summed E-state index contributed by atoms with van der Waals surface area (Å²) in [6.07, 6.45) is 3.47. The van der Waals surface area contributed by atoms with Crippen LogP contribution in [0.5, 0.6) is 0 Å². The molecule has 7 heteroatoms. The minimum Gasteiger partial charge on any atom is -0.376 e. The molecule has 0 aliphatic heterocycles. The Balaban J connectivity index is -0.000000180. The summed E-state index contributed by atoms with van der Waals surface area (Å²) in [4.78, 5) is 21.4. The predicted molar refractivity (Wildman–Crippen MR) is 50.4 cm³/mol. The maximum absolute atomic E-state index is 9.66. The van der Waals surface area contributed by atoms with Gasteiger partial charge in [-0.1, -0.05) is 13.2 Å². The van der Waals surface area contributed by atoms with E-state index in [1.54, 1.807) is 0 Å². The normalized spacial score (nSPS) is 7.07. The molecule has 0 aromatic heterocycles. The van der Waals surface area contributed by atoms with Crippen LogP contribution < -0.4 is 0 Å². The van der Waals surface area contributed by atoms with Gasteiger partial charge in [-0.2, -0.15) is 0 Å². The van der Waals surface area contributed by atoms with E-state index in [2.05, 4.69) is 13.2 Å². The molecular weight excluding hydrogens is 277 g/mol. The number of hydrogen-bond acceptors (Lipinski definition) is 4. The van der Waals surface area contributed by atoms with Gasteiger partial charge in [-0.25, -0.2) is 0 Å². The molecule has 83 valence electrons. The van der Waals surface area contributed by atoms with Crippen molar-refractivity contribution in [3.8, 4) is 0 Å². The zero-order valence-electron chi connectivity index (χ0n) is 8.32. The van der Waals surface area contributed by atoms with Crippen LogP contribution >= 0.6 is 0 Å². The van der Waals surface area contributed by atoms with Crippen molar-refractivity contribution in [1.29, 1.82) is 0 Å². The molecule has 0 aliphatic carbocycles. The van der Waals surface area contributed by atoms with Crippen molar-refractivity contribution < 1.29 is 52.5 Å². The van der Waals surface area contributed by atoms with Gasteiger partial charge in [0.25, 0.3) is 0 Å². The average molecular weight is 291 g/mol. The average Bonchev–Trinajstić information content (AvgIpc) is 2.24. The Labute approximate surface area is 114 Å². The van der Waals surface area contributed by atoms with Crippen LogP contribution in [-0.4, -0.2) is 46.3 Å². The Morgan fingerprint density at radius 2 is 1.20 bits per heavy atom. The fourth-order valence-corrected chi connectivity index (χ4v) is 0.268. The standard InChI is InChI=1S/2C4H7NO2.Y/c2*1-2-5(3-6)4-7;/h2*2-3,7H,1,4H2;. The molecule has 1 radical (unpaired) electrons. The van der Waals surface area contributed by atoms with Crippen molar-refractivity contribution >= 4 is 12.8 Å². The summed E-state index contributed by atoms with van der Waals surface area (Å²) in [6, 6.07) is 0. The van der Waals surface area contributed by atoms with Gasteiger partial charge in [0.15, 0.2) is 0 Å².